The van der Waals surface area contributed by atoms with E-state index in [0.29, 0.717) is 0 Å². The molecule has 2 aliphatic carbocycles. The quantitative estimate of drug-likeness (QED) is 0.594. The zero-order valence-electron chi connectivity index (χ0n) is 8.39. The fraction of sp³-hybridized carbons (Fsp3) is 1.00. The molecule has 0 nitrogen and oxygen atoms in total. The monoisotopic (exact) mass is 166 g/mol. The Morgan fingerprint density at radius 3 is 2.25 bits per heavy atom. The van der Waals surface area contributed by atoms with E-state index in [2.05, 4.69) is 6.92 Å². The third-order valence-corrected chi connectivity index (χ3v) is 3.86. The minimum atomic E-state index is 1.04. The molecule has 0 amide bonds. The van der Waals surface area contributed by atoms with Crippen molar-refractivity contribution < 1.29 is 0 Å². The summed E-state index contributed by atoms with van der Waals surface area (Å²) in [4.78, 5) is 0. The predicted octanol–water partition coefficient (Wildman–Crippen LogP) is 4.00. The van der Waals surface area contributed by atoms with Gasteiger partial charge < -0.3 is 0 Å². The van der Waals surface area contributed by atoms with Gasteiger partial charge in [-0.25, -0.2) is 0 Å². The maximum atomic E-state index is 2.49. The Labute approximate surface area is 76.7 Å². The van der Waals surface area contributed by atoms with Crippen molar-refractivity contribution in [3.63, 3.8) is 0 Å². The lowest BCUT2D eigenvalue weighted by Crippen LogP contribution is -2.15. The number of hydrogen-bond acceptors (Lipinski definition) is 0. The third kappa shape index (κ3) is 2.24. The average molecular weight is 166 g/mol. The highest BCUT2D eigenvalue weighted by Crippen LogP contribution is 2.40. The Hall–Kier alpha value is 0. The summed E-state index contributed by atoms with van der Waals surface area (Å²) in [5, 5.41) is 0. The van der Waals surface area contributed by atoms with Crippen LogP contribution >= 0.6 is 0 Å². The van der Waals surface area contributed by atoms with Crippen molar-refractivity contribution in [2.75, 3.05) is 0 Å². The van der Waals surface area contributed by atoms with Crippen molar-refractivity contribution in [1.29, 1.82) is 0 Å². The van der Waals surface area contributed by atoms with Crippen molar-refractivity contribution in [3.05, 3.63) is 0 Å². The maximum absolute atomic E-state index is 2.49. The van der Waals surface area contributed by atoms with E-state index in [1.54, 1.807) is 6.42 Å². The van der Waals surface area contributed by atoms with Crippen LogP contribution in [0.15, 0.2) is 0 Å². The normalized spacial score (nSPS) is 28.8. The Kier molecular flexibility index (Phi) is 2.73. The number of rotatable bonds is 3. The van der Waals surface area contributed by atoms with Gasteiger partial charge in [0.1, 0.15) is 0 Å². The lowest BCUT2D eigenvalue weighted by molar-refractivity contribution is 0.245. The molecule has 0 saturated heterocycles. The summed E-state index contributed by atoms with van der Waals surface area (Å²) >= 11 is 0. The van der Waals surface area contributed by atoms with Crippen LogP contribution < -0.4 is 0 Å². The largest absolute Gasteiger partial charge is 0.0622 e. The van der Waals surface area contributed by atoms with E-state index in [9.17, 15) is 0 Å². The van der Waals surface area contributed by atoms with Gasteiger partial charge in [-0.1, -0.05) is 51.9 Å². The molecule has 1 unspecified atom stereocenters. The zero-order chi connectivity index (χ0) is 8.39. The van der Waals surface area contributed by atoms with Crippen LogP contribution in [0.1, 0.15) is 58.3 Å². The highest BCUT2D eigenvalue weighted by Gasteiger charge is 2.27. The van der Waals surface area contributed by atoms with Gasteiger partial charge in [0.15, 0.2) is 0 Å². The van der Waals surface area contributed by atoms with Gasteiger partial charge in [-0.2, -0.15) is 0 Å². The standard InChI is InChI=1S/C12H22/c1-10(9-11-7-8-11)12-5-3-2-4-6-12/h10-12H,2-9H2,1H3. The van der Waals surface area contributed by atoms with Crippen LogP contribution in [0.2, 0.25) is 0 Å². The Morgan fingerprint density at radius 2 is 1.67 bits per heavy atom. The van der Waals surface area contributed by atoms with Crippen LogP contribution in [0.5, 0.6) is 0 Å². The van der Waals surface area contributed by atoms with E-state index in [1.165, 1.54) is 44.9 Å². The second-order valence-corrected chi connectivity index (χ2v) is 5.05. The Balaban J connectivity index is 1.72. The highest BCUT2D eigenvalue weighted by molar-refractivity contribution is 4.79. The molecule has 0 N–H and O–H groups in total. The smallest absolute Gasteiger partial charge is 0.0388 e. The first-order valence-corrected chi connectivity index (χ1v) is 5.86. The van der Waals surface area contributed by atoms with Crippen molar-refractivity contribution in [1.82, 2.24) is 0 Å². The van der Waals surface area contributed by atoms with Crippen LogP contribution in [0.25, 0.3) is 0 Å². The molecule has 2 fully saturated rings. The molecule has 0 bridgehead atoms. The third-order valence-electron chi connectivity index (χ3n) is 3.86. The molecule has 0 heteroatoms. The van der Waals surface area contributed by atoms with Gasteiger partial charge in [0.05, 0.1) is 0 Å². The van der Waals surface area contributed by atoms with E-state index < -0.39 is 0 Å². The molecular weight excluding hydrogens is 144 g/mol. The summed E-state index contributed by atoms with van der Waals surface area (Å²) in [6.07, 6.45) is 12.2. The van der Waals surface area contributed by atoms with Gasteiger partial charge in [0, 0.05) is 0 Å². The summed E-state index contributed by atoms with van der Waals surface area (Å²) in [6.45, 7) is 2.49. The van der Waals surface area contributed by atoms with Crippen LogP contribution in [0.4, 0.5) is 0 Å². The Bertz CT molecular complexity index is 129. The van der Waals surface area contributed by atoms with Crippen molar-refractivity contribution in [2.24, 2.45) is 17.8 Å². The first-order valence-electron chi connectivity index (χ1n) is 5.86. The van der Waals surface area contributed by atoms with E-state index in [4.69, 9.17) is 0 Å². The molecule has 12 heavy (non-hydrogen) atoms. The molecule has 1 atom stereocenters. The van der Waals surface area contributed by atoms with E-state index in [0.717, 1.165) is 17.8 Å². The SMILES string of the molecule is CC(CC1CC1)C1CCCCC1. The second kappa shape index (κ2) is 3.81. The summed E-state index contributed by atoms with van der Waals surface area (Å²) < 4.78 is 0. The molecule has 70 valence electrons. The van der Waals surface area contributed by atoms with E-state index >= 15 is 0 Å². The zero-order valence-corrected chi connectivity index (χ0v) is 8.39. The van der Waals surface area contributed by atoms with Crippen molar-refractivity contribution in [3.8, 4) is 0 Å². The van der Waals surface area contributed by atoms with E-state index in [1.807, 2.05) is 0 Å². The summed E-state index contributed by atoms with van der Waals surface area (Å²) in [5.41, 5.74) is 0. The molecule has 2 saturated carbocycles. The fourth-order valence-corrected chi connectivity index (χ4v) is 2.77. The molecule has 2 rings (SSSR count). The summed E-state index contributed by atoms with van der Waals surface area (Å²) in [7, 11) is 0. The molecule has 0 aromatic rings. The second-order valence-electron chi connectivity index (χ2n) is 5.05. The van der Waals surface area contributed by atoms with Crippen molar-refractivity contribution >= 4 is 0 Å². The minimum absolute atomic E-state index is 1.04. The van der Waals surface area contributed by atoms with Gasteiger partial charge in [-0.3, -0.25) is 0 Å². The van der Waals surface area contributed by atoms with E-state index in [-0.39, 0.29) is 0 Å². The molecular formula is C12H22. The van der Waals surface area contributed by atoms with Crippen LogP contribution in [0, 0.1) is 17.8 Å². The first-order chi connectivity index (χ1) is 5.86. The minimum Gasteiger partial charge on any atom is -0.0622 e. The van der Waals surface area contributed by atoms with Gasteiger partial charge in [0.25, 0.3) is 0 Å². The molecule has 0 heterocycles. The lowest BCUT2D eigenvalue weighted by atomic mass is 9.79. The topological polar surface area (TPSA) is 0 Å². The first kappa shape index (κ1) is 8.59. The van der Waals surface area contributed by atoms with Gasteiger partial charge >= 0.3 is 0 Å². The summed E-state index contributed by atoms with van der Waals surface area (Å²) in [5.74, 6) is 3.28. The molecule has 0 aliphatic heterocycles. The van der Waals surface area contributed by atoms with Crippen LogP contribution in [-0.4, -0.2) is 0 Å². The average Bonchev–Trinajstić information content (AvgIpc) is 2.90. The fourth-order valence-electron chi connectivity index (χ4n) is 2.77. The van der Waals surface area contributed by atoms with Crippen LogP contribution in [0.3, 0.4) is 0 Å². The molecule has 0 radical (unpaired) electrons. The highest BCUT2D eigenvalue weighted by atomic mass is 14.3. The van der Waals surface area contributed by atoms with Gasteiger partial charge in [-0.05, 0) is 24.2 Å². The molecule has 0 aromatic heterocycles. The lowest BCUT2D eigenvalue weighted by Gasteiger charge is -2.27. The number of hydrogen-bond donors (Lipinski definition) is 0. The summed E-state index contributed by atoms with van der Waals surface area (Å²) in [6, 6.07) is 0. The molecule has 0 spiro atoms. The Morgan fingerprint density at radius 1 is 1.00 bits per heavy atom. The molecule has 0 aromatic carbocycles. The molecule has 2 aliphatic rings. The van der Waals surface area contributed by atoms with Crippen LogP contribution in [-0.2, 0) is 0 Å². The van der Waals surface area contributed by atoms with Gasteiger partial charge in [-0.15, -0.1) is 0 Å². The maximum Gasteiger partial charge on any atom is -0.0388 e. The van der Waals surface area contributed by atoms with Gasteiger partial charge in [0.2, 0.25) is 0 Å². The predicted molar refractivity (Wildman–Crippen MR) is 53.1 cm³/mol. The van der Waals surface area contributed by atoms with Crippen molar-refractivity contribution in [2.45, 2.75) is 58.3 Å².